The molecule has 2 unspecified atom stereocenters. The van der Waals surface area contributed by atoms with E-state index in [0.717, 1.165) is 23.5 Å². The lowest BCUT2D eigenvalue weighted by molar-refractivity contribution is -0.122. The first kappa shape index (κ1) is 21.2. The molecule has 1 aromatic carbocycles. The van der Waals surface area contributed by atoms with Crippen LogP contribution in [-0.4, -0.2) is 19.0 Å². The second kappa shape index (κ2) is 10.3. The van der Waals surface area contributed by atoms with Gasteiger partial charge in [0.05, 0.1) is 6.04 Å². The van der Waals surface area contributed by atoms with Gasteiger partial charge in [-0.15, -0.1) is 23.7 Å². The molecular weight excluding hydrogens is 387 g/mol. The maximum Gasteiger partial charge on any atom is 0.221 e. The average molecular weight is 413 g/mol. The molecule has 1 fully saturated rings. The topological polar surface area (TPSA) is 41.1 Å². The molecule has 1 aliphatic rings. The van der Waals surface area contributed by atoms with E-state index in [1.165, 1.54) is 12.8 Å². The molecule has 0 radical (unpaired) electrons. The Morgan fingerprint density at radius 3 is 2.58 bits per heavy atom. The predicted molar refractivity (Wildman–Crippen MR) is 112 cm³/mol. The molecule has 2 heterocycles. The van der Waals surface area contributed by atoms with Gasteiger partial charge in [0.15, 0.2) is 0 Å². The number of hydrogen-bond donors (Lipinski definition) is 2. The van der Waals surface area contributed by atoms with E-state index in [1.807, 2.05) is 35.7 Å². The smallest absolute Gasteiger partial charge is 0.221 e. The zero-order valence-electron chi connectivity index (χ0n) is 14.9. The summed E-state index contributed by atoms with van der Waals surface area (Å²) >= 11 is 7.68. The van der Waals surface area contributed by atoms with Crippen LogP contribution in [0.15, 0.2) is 41.8 Å². The SMILES string of the molecule is CC(CC(=O)NC(c1ccc(Cl)cc1)c1cccs1)C1CCNCC1.Cl. The number of amides is 1. The molecule has 2 N–H and O–H groups in total. The lowest BCUT2D eigenvalue weighted by atomic mass is 9.84. The third-order valence-corrected chi connectivity index (χ3v) is 6.22. The van der Waals surface area contributed by atoms with Crippen LogP contribution in [0.3, 0.4) is 0 Å². The highest BCUT2D eigenvalue weighted by atomic mass is 35.5. The lowest BCUT2D eigenvalue weighted by Gasteiger charge is -2.28. The third-order valence-electron chi connectivity index (χ3n) is 5.03. The Morgan fingerprint density at radius 2 is 1.96 bits per heavy atom. The normalized spacial score (nSPS) is 17.2. The molecule has 0 spiro atoms. The molecular formula is C20H26Cl2N2OS. The van der Waals surface area contributed by atoms with Gasteiger partial charge in [-0.1, -0.05) is 36.7 Å². The van der Waals surface area contributed by atoms with Gasteiger partial charge in [-0.05, 0) is 66.9 Å². The number of nitrogens with one attached hydrogen (secondary N) is 2. The molecule has 0 saturated carbocycles. The third kappa shape index (κ3) is 5.71. The van der Waals surface area contributed by atoms with Gasteiger partial charge in [0, 0.05) is 16.3 Å². The summed E-state index contributed by atoms with van der Waals surface area (Å²) in [6.45, 7) is 4.34. The van der Waals surface area contributed by atoms with E-state index in [9.17, 15) is 4.79 Å². The van der Waals surface area contributed by atoms with Crippen molar-refractivity contribution in [1.29, 1.82) is 0 Å². The Balaban J connectivity index is 0.00000243. The Morgan fingerprint density at radius 1 is 1.27 bits per heavy atom. The number of thiophene rings is 1. The highest BCUT2D eigenvalue weighted by Gasteiger charge is 2.24. The van der Waals surface area contributed by atoms with Gasteiger partial charge in [0.25, 0.3) is 0 Å². The van der Waals surface area contributed by atoms with Crippen molar-refractivity contribution in [2.24, 2.45) is 11.8 Å². The fourth-order valence-electron chi connectivity index (χ4n) is 3.52. The van der Waals surface area contributed by atoms with Gasteiger partial charge in [-0.3, -0.25) is 4.79 Å². The van der Waals surface area contributed by atoms with E-state index >= 15 is 0 Å². The summed E-state index contributed by atoms with van der Waals surface area (Å²) in [5.74, 6) is 1.18. The van der Waals surface area contributed by atoms with Gasteiger partial charge >= 0.3 is 0 Å². The summed E-state index contributed by atoms with van der Waals surface area (Å²) < 4.78 is 0. The van der Waals surface area contributed by atoms with Crippen LogP contribution >= 0.6 is 35.3 Å². The maximum atomic E-state index is 12.7. The van der Waals surface area contributed by atoms with E-state index in [1.54, 1.807) is 11.3 Å². The Labute approximate surface area is 170 Å². The second-order valence-corrected chi connectivity index (χ2v) is 8.25. The maximum absolute atomic E-state index is 12.7. The molecule has 3 rings (SSSR count). The van der Waals surface area contributed by atoms with Crippen LogP contribution in [-0.2, 0) is 4.79 Å². The van der Waals surface area contributed by atoms with E-state index in [4.69, 9.17) is 11.6 Å². The predicted octanol–water partition coefficient (Wildman–Crippen LogP) is 5.05. The van der Waals surface area contributed by atoms with E-state index in [2.05, 4.69) is 23.6 Å². The van der Waals surface area contributed by atoms with Crippen molar-refractivity contribution in [2.45, 2.75) is 32.2 Å². The summed E-state index contributed by atoms with van der Waals surface area (Å²) in [7, 11) is 0. The highest BCUT2D eigenvalue weighted by molar-refractivity contribution is 7.10. The number of halogens is 2. The zero-order valence-corrected chi connectivity index (χ0v) is 17.3. The van der Waals surface area contributed by atoms with Crippen LogP contribution in [0.25, 0.3) is 0 Å². The van der Waals surface area contributed by atoms with Crippen LogP contribution in [0.1, 0.15) is 42.7 Å². The van der Waals surface area contributed by atoms with E-state index in [0.29, 0.717) is 23.3 Å². The van der Waals surface area contributed by atoms with E-state index in [-0.39, 0.29) is 24.4 Å². The molecule has 1 aromatic heterocycles. The molecule has 0 bridgehead atoms. The average Bonchev–Trinajstić information content (AvgIpc) is 3.15. The fourth-order valence-corrected chi connectivity index (χ4v) is 4.45. The molecule has 1 amide bonds. The minimum Gasteiger partial charge on any atom is -0.344 e. The van der Waals surface area contributed by atoms with Crippen molar-refractivity contribution in [3.63, 3.8) is 0 Å². The summed E-state index contributed by atoms with van der Waals surface area (Å²) in [5.41, 5.74) is 1.06. The second-order valence-electron chi connectivity index (χ2n) is 6.84. The quantitative estimate of drug-likeness (QED) is 0.696. The van der Waals surface area contributed by atoms with Gasteiger partial charge in [-0.25, -0.2) is 0 Å². The fraction of sp³-hybridized carbons (Fsp3) is 0.450. The molecule has 2 aromatic rings. The Bertz CT molecular complexity index is 670. The molecule has 26 heavy (non-hydrogen) atoms. The van der Waals surface area contributed by atoms with Gasteiger partial charge in [0.2, 0.25) is 5.91 Å². The summed E-state index contributed by atoms with van der Waals surface area (Å²) in [6.07, 6.45) is 2.92. The molecule has 3 nitrogen and oxygen atoms in total. The van der Waals surface area contributed by atoms with Crippen molar-refractivity contribution >= 4 is 41.3 Å². The van der Waals surface area contributed by atoms with Gasteiger partial charge in [-0.2, -0.15) is 0 Å². The van der Waals surface area contributed by atoms with Crippen LogP contribution in [0.5, 0.6) is 0 Å². The molecule has 1 saturated heterocycles. The van der Waals surface area contributed by atoms with Crippen LogP contribution in [0.2, 0.25) is 5.02 Å². The van der Waals surface area contributed by atoms with Crippen LogP contribution in [0.4, 0.5) is 0 Å². The monoisotopic (exact) mass is 412 g/mol. The van der Waals surface area contributed by atoms with Crippen LogP contribution < -0.4 is 10.6 Å². The van der Waals surface area contributed by atoms with Gasteiger partial charge in [0.1, 0.15) is 0 Å². The summed E-state index contributed by atoms with van der Waals surface area (Å²) in [5, 5.41) is 9.38. The van der Waals surface area contributed by atoms with Gasteiger partial charge < -0.3 is 10.6 Å². The number of carbonyl (C=O) groups is 1. The standard InChI is InChI=1S/C20H25ClN2OS.ClH/c1-14(15-8-10-22-11-9-15)13-19(24)23-20(18-3-2-12-25-18)16-4-6-17(21)7-5-16;/h2-7,12,14-15,20,22H,8-11,13H2,1H3,(H,23,24);1H. The Kier molecular flexibility index (Phi) is 8.42. The largest absolute Gasteiger partial charge is 0.344 e. The molecule has 0 aliphatic carbocycles. The van der Waals surface area contributed by atoms with Crippen molar-refractivity contribution in [2.75, 3.05) is 13.1 Å². The first-order valence-corrected chi connectivity index (χ1v) is 10.2. The lowest BCUT2D eigenvalue weighted by Crippen LogP contribution is -2.34. The minimum atomic E-state index is -0.106. The number of rotatable bonds is 6. The van der Waals surface area contributed by atoms with Crippen molar-refractivity contribution in [1.82, 2.24) is 10.6 Å². The first-order valence-electron chi connectivity index (χ1n) is 8.92. The summed E-state index contributed by atoms with van der Waals surface area (Å²) in [6, 6.07) is 11.7. The van der Waals surface area contributed by atoms with E-state index < -0.39 is 0 Å². The minimum absolute atomic E-state index is 0. The summed E-state index contributed by atoms with van der Waals surface area (Å²) in [4.78, 5) is 13.8. The number of hydrogen-bond acceptors (Lipinski definition) is 3. The molecule has 1 aliphatic heterocycles. The molecule has 6 heteroatoms. The molecule has 2 atom stereocenters. The Hall–Kier alpha value is -1.07. The van der Waals surface area contributed by atoms with Crippen molar-refractivity contribution in [3.05, 3.63) is 57.2 Å². The first-order chi connectivity index (χ1) is 12.1. The highest BCUT2D eigenvalue weighted by Crippen LogP contribution is 2.29. The number of carbonyl (C=O) groups excluding carboxylic acids is 1. The molecule has 142 valence electrons. The van der Waals surface area contributed by atoms with Crippen molar-refractivity contribution < 1.29 is 4.79 Å². The zero-order chi connectivity index (χ0) is 17.6. The van der Waals surface area contributed by atoms with Crippen molar-refractivity contribution in [3.8, 4) is 0 Å². The number of piperidine rings is 1. The van der Waals surface area contributed by atoms with Crippen LogP contribution in [0, 0.1) is 11.8 Å². The number of benzene rings is 1.